The molecule has 1 N–H and O–H groups in total. The Bertz CT molecular complexity index is 887. The number of carbonyl (C=O) groups is 1. The Hall–Kier alpha value is -2.95. The van der Waals surface area contributed by atoms with E-state index in [1.807, 2.05) is 75.4 Å². The largest absolute Gasteiger partial charge is 0.344 e. The van der Waals surface area contributed by atoms with E-state index in [0.29, 0.717) is 24.6 Å². The van der Waals surface area contributed by atoms with Crippen molar-refractivity contribution >= 4 is 5.91 Å². The van der Waals surface area contributed by atoms with Gasteiger partial charge in [0.2, 0.25) is 17.6 Å². The summed E-state index contributed by atoms with van der Waals surface area (Å²) in [5, 5.41) is 7.17. The van der Waals surface area contributed by atoms with E-state index in [9.17, 15) is 4.79 Å². The average Bonchev–Trinajstić information content (AvgIpc) is 3.11. The second-order valence-electron chi connectivity index (χ2n) is 7.23. The van der Waals surface area contributed by atoms with Gasteiger partial charge in [0.15, 0.2) is 0 Å². The van der Waals surface area contributed by atoms with Crippen LogP contribution in [0.2, 0.25) is 0 Å². The number of aromatic nitrogens is 2. The quantitative estimate of drug-likeness (QED) is 0.671. The average molecular weight is 363 g/mol. The number of nitrogens with zero attached hydrogens (tertiary/aromatic N) is 2. The fourth-order valence-corrected chi connectivity index (χ4v) is 2.95. The van der Waals surface area contributed by atoms with Crippen LogP contribution in [-0.4, -0.2) is 16.0 Å². The molecule has 0 saturated heterocycles. The molecule has 3 rings (SSSR count). The third-order valence-corrected chi connectivity index (χ3v) is 4.23. The summed E-state index contributed by atoms with van der Waals surface area (Å²) < 4.78 is 5.52. The molecule has 0 aliphatic carbocycles. The van der Waals surface area contributed by atoms with Crippen LogP contribution in [-0.2, 0) is 11.2 Å². The number of amides is 1. The summed E-state index contributed by atoms with van der Waals surface area (Å²) in [5.74, 6) is 1.23. The zero-order chi connectivity index (χ0) is 19.2. The summed E-state index contributed by atoms with van der Waals surface area (Å²) in [6.07, 6.45) is 1.06. The maximum absolute atomic E-state index is 12.3. The highest BCUT2D eigenvalue weighted by molar-refractivity contribution is 5.76. The van der Waals surface area contributed by atoms with Gasteiger partial charge in [-0.3, -0.25) is 4.79 Å². The SMILES string of the molecule is Cc1cccc(-c2noc(C(Cc3ccccc3)NC(=O)CC(C)C)n2)c1. The first-order valence-electron chi connectivity index (χ1n) is 9.25. The summed E-state index contributed by atoms with van der Waals surface area (Å²) >= 11 is 0. The van der Waals surface area contributed by atoms with Crippen LogP contribution in [0.15, 0.2) is 59.1 Å². The highest BCUT2D eigenvalue weighted by atomic mass is 16.5. The molecule has 0 spiro atoms. The molecular formula is C22H25N3O2. The lowest BCUT2D eigenvalue weighted by Gasteiger charge is -2.16. The van der Waals surface area contributed by atoms with Crippen molar-refractivity contribution in [1.29, 1.82) is 0 Å². The molecule has 3 aromatic rings. The van der Waals surface area contributed by atoms with Crippen LogP contribution in [0.4, 0.5) is 0 Å². The maximum atomic E-state index is 12.3. The molecule has 0 bridgehead atoms. The van der Waals surface area contributed by atoms with Crippen LogP contribution in [0, 0.1) is 12.8 Å². The van der Waals surface area contributed by atoms with Crippen molar-refractivity contribution in [3.05, 3.63) is 71.6 Å². The van der Waals surface area contributed by atoms with Crippen LogP contribution in [0.5, 0.6) is 0 Å². The van der Waals surface area contributed by atoms with Crippen LogP contribution in [0.1, 0.15) is 43.3 Å². The number of benzene rings is 2. The molecule has 140 valence electrons. The molecule has 1 atom stereocenters. The van der Waals surface area contributed by atoms with Crippen LogP contribution >= 0.6 is 0 Å². The minimum Gasteiger partial charge on any atom is -0.344 e. The number of nitrogens with one attached hydrogen (secondary N) is 1. The van der Waals surface area contributed by atoms with Gasteiger partial charge in [0, 0.05) is 18.4 Å². The number of hydrogen-bond donors (Lipinski definition) is 1. The fraction of sp³-hybridized carbons (Fsp3) is 0.318. The van der Waals surface area contributed by atoms with Gasteiger partial charge in [0.1, 0.15) is 6.04 Å². The summed E-state index contributed by atoms with van der Waals surface area (Å²) in [4.78, 5) is 16.9. The van der Waals surface area contributed by atoms with Crippen molar-refractivity contribution in [1.82, 2.24) is 15.5 Å². The molecule has 1 heterocycles. The minimum absolute atomic E-state index is 0.0127. The lowest BCUT2D eigenvalue weighted by atomic mass is 10.0. The molecule has 27 heavy (non-hydrogen) atoms. The first kappa shape index (κ1) is 18.8. The van der Waals surface area contributed by atoms with E-state index in [0.717, 1.165) is 16.7 Å². The van der Waals surface area contributed by atoms with E-state index in [1.165, 1.54) is 0 Å². The van der Waals surface area contributed by atoms with Gasteiger partial charge in [-0.15, -0.1) is 0 Å². The Morgan fingerprint density at radius 3 is 2.59 bits per heavy atom. The highest BCUT2D eigenvalue weighted by Crippen LogP contribution is 2.22. The summed E-state index contributed by atoms with van der Waals surface area (Å²) in [6.45, 7) is 6.07. The minimum atomic E-state index is -0.357. The smallest absolute Gasteiger partial charge is 0.249 e. The van der Waals surface area contributed by atoms with Crippen molar-refractivity contribution in [2.75, 3.05) is 0 Å². The van der Waals surface area contributed by atoms with E-state index in [2.05, 4.69) is 15.5 Å². The first-order chi connectivity index (χ1) is 13.0. The molecule has 0 radical (unpaired) electrons. The lowest BCUT2D eigenvalue weighted by molar-refractivity contribution is -0.122. The molecule has 1 amide bonds. The summed E-state index contributed by atoms with van der Waals surface area (Å²) in [7, 11) is 0. The topological polar surface area (TPSA) is 68.0 Å². The van der Waals surface area contributed by atoms with Gasteiger partial charge in [-0.05, 0) is 24.5 Å². The normalized spacial score (nSPS) is 12.1. The van der Waals surface area contributed by atoms with Gasteiger partial charge in [0.05, 0.1) is 0 Å². The Kier molecular flexibility index (Phi) is 6.01. The van der Waals surface area contributed by atoms with Gasteiger partial charge < -0.3 is 9.84 Å². The molecule has 1 unspecified atom stereocenters. The van der Waals surface area contributed by atoms with E-state index in [1.54, 1.807) is 0 Å². The molecule has 1 aromatic heterocycles. The van der Waals surface area contributed by atoms with Crippen molar-refractivity contribution in [3.8, 4) is 11.4 Å². The van der Waals surface area contributed by atoms with E-state index < -0.39 is 0 Å². The molecule has 5 heteroatoms. The predicted molar refractivity (Wildman–Crippen MR) is 105 cm³/mol. The molecule has 0 fully saturated rings. The van der Waals surface area contributed by atoms with Crippen molar-refractivity contribution in [2.45, 2.75) is 39.7 Å². The van der Waals surface area contributed by atoms with Gasteiger partial charge in [-0.1, -0.05) is 73.1 Å². The Balaban J connectivity index is 1.84. The van der Waals surface area contributed by atoms with Gasteiger partial charge >= 0.3 is 0 Å². The van der Waals surface area contributed by atoms with Gasteiger partial charge in [-0.25, -0.2) is 0 Å². The van der Waals surface area contributed by atoms with Gasteiger partial charge in [-0.2, -0.15) is 4.98 Å². The number of rotatable bonds is 7. The molecule has 2 aromatic carbocycles. The Morgan fingerprint density at radius 1 is 1.11 bits per heavy atom. The molecular weight excluding hydrogens is 338 g/mol. The second kappa shape index (κ2) is 8.62. The summed E-state index contributed by atoms with van der Waals surface area (Å²) in [5.41, 5.74) is 3.13. The molecule has 5 nitrogen and oxygen atoms in total. The zero-order valence-electron chi connectivity index (χ0n) is 16.0. The number of hydrogen-bond acceptors (Lipinski definition) is 4. The third-order valence-electron chi connectivity index (χ3n) is 4.23. The molecule has 0 aliphatic heterocycles. The van der Waals surface area contributed by atoms with E-state index >= 15 is 0 Å². The van der Waals surface area contributed by atoms with Crippen LogP contribution in [0.3, 0.4) is 0 Å². The lowest BCUT2D eigenvalue weighted by Crippen LogP contribution is -2.31. The molecule has 0 aliphatic rings. The van der Waals surface area contributed by atoms with Gasteiger partial charge in [0.25, 0.3) is 0 Å². The predicted octanol–water partition coefficient (Wildman–Crippen LogP) is 4.49. The highest BCUT2D eigenvalue weighted by Gasteiger charge is 2.22. The number of aryl methyl sites for hydroxylation is 1. The van der Waals surface area contributed by atoms with Crippen molar-refractivity contribution < 1.29 is 9.32 Å². The van der Waals surface area contributed by atoms with Crippen molar-refractivity contribution in [2.24, 2.45) is 5.92 Å². The van der Waals surface area contributed by atoms with E-state index in [-0.39, 0.29) is 17.9 Å². The third kappa shape index (κ3) is 5.26. The molecule has 0 saturated carbocycles. The summed E-state index contributed by atoms with van der Waals surface area (Å²) in [6, 6.07) is 17.6. The Labute approximate surface area is 159 Å². The Morgan fingerprint density at radius 2 is 1.89 bits per heavy atom. The standard InChI is InChI=1S/C22H25N3O2/c1-15(2)12-20(26)23-19(14-17-9-5-4-6-10-17)22-24-21(25-27-22)18-11-7-8-16(3)13-18/h4-11,13,15,19H,12,14H2,1-3H3,(H,23,26). The zero-order valence-corrected chi connectivity index (χ0v) is 16.0. The van der Waals surface area contributed by atoms with Crippen LogP contribution in [0.25, 0.3) is 11.4 Å². The maximum Gasteiger partial charge on any atom is 0.249 e. The van der Waals surface area contributed by atoms with Crippen molar-refractivity contribution in [3.63, 3.8) is 0 Å². The monoisotopic (exact) mass is 363 g/mol. The van der Waals surface area contributed by atoms with Crippen LogP contribution < -0.4 is 5.32 Å². The number of carbonyl (C=O) groups excluding carboxylic acids is 1. The van der Waals surface area contributed by atoms with E-state index in [4.69, 9.17) is 4.52 Å². The first-order valence-corrected chi connectivity index (χ1v) is 9.25. The second-order valence-corrected chi connectivity index (χ2v) is 7.23. The fourth-order valence-electron chi connectivity index (χ4n) is 2.95.